The minimum absolute atomic E-state index is 0.603. The highest BCUT2D eigenvalue weighted by atomic mass is 15.2. The number of hydrogen-bond acceptors (Lipinski definition) is 3. The second kappa shape index (κ2) is 4.85. The topological polar surface area (TPSA) is 47.1 Å². The third-order valence-electron chi connectivity index (χ3n) is 4.23. The molecule has 102 valence electrons. The summed E-state index contributed by atoms with van der Waals surface area (Å²) in [5.74, 6) is 0.642. The fraction of sp³-hybridized carbons (Fsp3) is 0.533. The van der Waals surface area contributed by atoms with Gasteiger partial charge in [0.15, 0.2) is 0 Å². The maximum Gasteiger partial charge on any atom is 0.201 e. The van der Waals surface area contributed by atoms with Gasteiger partial charge in [0.1, 0.15) is 0 Å². The normalized spacial score (nSPS) is 20.4. The Balaban J connectivity index is 1.94. The lowest BCUT2D eigenvalue weighted by Gasteiger charge is -2.23. The van der Waals surface area contributed by atoms with Crippen molar-refractivity contribution in [2.24, 2.45) is 0 Å². The Morgan fingerprint density at radius 3 is 3.05 bits per heavy atom. The van der Waals surface area contributed by atoms with Crippen LogP contribution in [0.4, 0.5) is 5.95 Å². The van der Waals surface area contributed by atoms with Crippen molar-refractivity contribution in [1.29, 1.82) is 0 Å². The molecule has 1 saturated heterocycles. The van der Waals surface area contributed by atoms with Crippen molar-refractivity contribution >= 4 is 17.0 Å². The number of nitrogen functional groups attached to an aromatic ring is 1. The Morgan fingerprint density at radius 2 is 2.26 bits per heavy atom. The largest absolute Gasteiger partial charge is 0.369 e. The Labute approximate surface area is 114 Å². The molecule has 2 aromatic rings. The van der Waals surface area contributed by atoms with Crippen LogP contribution in [0.15, 0.2) is 18.2 Å². The number of likely N-dealkylation sites (tertiary alicyclic amines) is 1. The molecule has 0 radical (unpaired) electrons. The molecule has 0 amide bonds. The number of hydrogen-bond donors (Lipinski definition) is 1. The van der Waals surface area contributed by atoms with E-state index in [1.54, 1.807) is 0 Å². The van der Waals surface area contributed by atoms with E-state index in [0.717, 1.165) is 24.1 Å². The molecule has 1 fully saturated rings. The molecule has 19 heavy (non-hydrogen) atoms. The molecular weight excluding hydrogens is 236 g/mol. The van der Waals surface area contributed by atoms with Gasteiger partial charge in [-0.05, 0) is 50.6 Å². The van der Waals surface area contributed by atoms with Crippen LogP contribution in [0, 0.1) is 6.92 Å². The van der Waals surface area contributed by atoms with Crippen molar-refractivity contribution in [2.45, 2.75) is 39.3 Å². The molecule has 1 aromatic carbocycles. The molecule has 1 aliphatic rings. The van der Waals surface area contributed by atoms with E-state index in [9.17, 15) is 0 Å². The average molecular weight is 258 g/mol. The molecule has 4 nitrogen and oxygen atoms in total. The van der Waals surface area contributed by atoms with E-state index in [0.29, 0.717) is 12.0 Å². The standard InChI is InChI=1S/C15H22N4/c1-3-18-8-4-5-12(18)10-19-14-7-6-11(2)9-13(14)17-15(19)16/h6-7,9,12H,3-5,8,10H2,1-2H3,(H2,16,17). The van der Waals surface area contributed by atoms with E-state index < -0.39 is 0 Å². The van der Waals surface area contributed by atoms with Crippen molar-refractivity contribution in [2.75, 3.05) is 18.8 Å². The van der Waals surface area contributed by atoms with Crippen LogP contribution in [0.2, 0.25) is 0 Å². The lowest BCUT2D eigenvalue weighted by Crippen LogP contribution is -2.32. The third kappa shape index (κ3) is 2.21. The molecule has 1 aliphatic heterocycles. The minimum atomic E-state index is 0.603. The van der Waals surface area contributed by atoms with E-state index >= 15 is 0 Å². The molecule has 0 saturated carbocycles. The van der Waals surface area contributed by atoms with Gasteiger partial charge in [0.2, 0.25) is 5.95 Å². The molecule has 2 N–H and O–H groups in total. The maximum atomic E-state index is 6.10. The van der Waals surface area contributed by atoms with Crippen molar-refractivity contribution in [3.05, 3.63) is 23.8 Å². The smallest absolute Gasteiger partial charge is 0.201 e. The Bertz CT molecular complexity index is 587. The quantitative estimate of drug-likeness (QED) is 0.919. The van der Waals surface area contributed by atoms with Crippen LogP contribution in [0.3, 0.4) is 0 Å². The maximum absolute atomic E-state index is 6.10. The zero-order valence-electron chi connectivity index (χ0n) is 11.8. The first kappa shape index (κ1) is 12.5. The second-order valence-electron chi connectivity index (χ2n) is 5.50. The van der Waals surface area contributed by atoms with Gasteiger partial charge in [0.05, 0.1) is 11.0 Å². The van der Waals surface area contributed by atoms with Crippen LogP contribution in [0.25, 0.3) is 11.0 Å². The average Bonchev–Trinajstić information content (AvgIpc) is 2.95. The van der Waals surface area contributed by atoms with Crippen molar-refractivity contribution < 1.29 is 0 Å². The number of aromatic nitrogens is 2. The van der Waals surface area contributed by atoms with Crippen LogP contribution in [-0.4, -0.2) is 33.6 Å². The van der Waals surface area contributed by atoms with Crippen LogP contribution in [0.1, 0.15) is 25.3 Å². The van der Waals surface area contributed by atoms with Crippen LogP contribution in [0.5, 0.6) is 0 Å². The summed E-state index contributed by atoms with van der Waals surface area (Å²) >= 11 is 0. The third-order valence-corrected chi connectivity index (χ3v) is 4.23. The van der Waals surface area contributed by atoms with Gasteiger partial charge < -0.3 is 10.3 Å². The van der Waals surface area contributed by atoms with Gasteiger partial charge in [0, 0.05) is 12.6 Å². The van der Waals surface area contributed by atoms with E-state index in [1.807, 2.05) is 0 Å². The number of imidazole rings is 1. The lowest BCUT2D eigenvalue weighted by atomic mass is 10.2. The predicted octanol–water partition coefficient (Wildman–Crippen LogP) is 2.41. The monoisotopic (exact) mass is 258 g/mol. The number of nitrogens with zero attached hydrogens (tertiary/aromatic N) is 3. The highest BCUT2D eigenvalue weighted by molar-refractivity contribution is 5.79. The predicted molar refractivity (Wildman–Crippen MR) is 79.2 cm³/mol. The van der Waals surface area contributed by atoms with E-state index in [4.69, 9.17) is 5.73 Å². The van der Waals surface area contributed by atoms with Gasteiger partial charge in [-0.2, -0.15) is 0 Å². The first-order valence-corrected chi connectivity index (χ1v) is 7.15. The lowest BCUT2D eigenvalue weighted by molar-refractivity contribution is 0.246. The van der Waals surface area contributed by atoms with Gasteiger partial charge in [-0.15, -0.1) is 0 Å². The van der Waals surface area contributed by atoms with Crippen LogP contribution < -0.4 is 5.73 Å². The summed E-state index contributed by atoms with van der Waals surface area (Å²) < 4.78 is 2.17. The summed E-state index contributed by atoms with van der Waals surface area (Å²) in [4.78, 5) is 7.03. The number of aryl methyl sites for hydroxylation is 1. The zero-order valence-corrected chi connectivity index (χ0v) is 11.8. The molecule has 0 spiro atoms. The Hall–Kier alpha value is -1.55. The molecule has 1 unspecified atom stereocenters. The van der Waals surface area contributed by atoms with Gasteiger partial charge in [0.25, 0.3) is 0 Å². The van der Waals surface area contributed by atoms with Gasteiger partial charge in [-0.3, -0.25) is 4.90 Å². The Kier molecular flexibility index (Phi) is 3.19. The molecule has 2 heterocycles. The first-order chi connectivity index (χ1) is 9.19. The van der Waals surface area contributed by atoms with Crippen molar-refractivity contribution in [1.82, 2.24) is 14.5 Å². The van der Waals surface area contributed by atoms with Crippen molar-refractivity contribution in [3.8, 4) is 0 Å². The van der Waals surface area contributed by atoms with Crippen LogP contribution >= 0.6 is 0 Å². The number of anilines is 1. The summed E-state index contributed by atoms with van der Waals surface area (Å²) in [6, 6.07) is 6.98. The van der Waals surface area contributed by atoms with Gasteiger partial charge in [-0.1, -0.05) is 13.0 Å². The first-order valence-electron chi connectivity index (χ1n) is 7.15. The van der Waals surface area contributed by atoms with Crippen molar-refractivity contribution in [3.63, 3.8) is 0 Å². The summed E-state index contributed by atoms with van der Waals surface area (Å²) in [7, 11) is 0. The van der Waals surface area contributed by atoms with E-state index in [-0.39, 0.29) is 0 Å². The summed E-state index contributed by atoms with van der Waals surface area (Å²) in [5.41, 5.74) is 9.50. The minimum Gasteiger partial charge on any atom is -0.369 e. The number of fused-ring (bicyclic) bond motifs is 1. The second-order valence-corrected chi connectivity index (χ2v) is 5.50. The summed E-state index contributed by atoms with van der Waals surface area (Å²) in [6.45, 7) is 7.61. The fourth-order valence-electron chi connectivity index (χ4n) is 3.18. The number of likely N-dealkylation sites (N-methyl/N-ethyl adjacent to an activating group) is 1. The SMILES string of the molecule is CCN1CCCC1Cn1c(N)nc2cc(C)ccc21. The van der Waals surface area contributed by atoms with Crippen LogP contribution in [-0.2, 0) is 6.54 Å². The zero-order chi connectivity index (χ0) is 13.4. The summed E-state index contributed by atoms with van der Waals surface area (Å²) in [6.07, 6.45) is 2.56. The number of benzene rings is 1. The molecule has 4 heteroatoms. The molecule has 1 aromatic heterocycles. The molecule has 1 atom stereocenters. The highest BCUT2D eigenvalue weighted by Crippen LogP contribution is 2.24. The number of rotatable bonds is 3. The molecule has 0 aliphatic carbocycles. The summed E-state index contributed by atoms with van der Waals surface area (Å²) in [5, 5.41) is 0. The van der Waals surface area contributed by atoms with Gasteiger partial charge in [-0.25, -0.2) is 4.98 Å². The van der Waals surface area contributed by atoms with E-state index in [2.05, 4.69) is 46.5 Å². The Morgan fingerprint density at radius 1 is 1.42 bits per heavy atom. The fourth-order valence-corrected chi connectivity index (χ4v) is 3.18. The van der Waals surface area contributed by atoms with E-state index in [1.165, 1.54) is 24.9 Å². The molecular formula is C15H22N4. The highest BCUT2D eigenvalue weighted by Gasteiger charge is 2.24. The number of nitrogens with two attached hydrogens (primary N) is 1. The molecule has 3 rings (SSSR count). The van der Waals surface area contributed by atoms with Gasteiger partial charge >= 0.3 is 0 Å². The molecule has 0 bridgehead atoms.